The number of alkyl halides is 3. The molecule has 0 aliphatic rings. The molecule has 17 heavy (non-hydrogen) atoms. The van der Waals surface area contributed by atoms with Crippen LogP contribution in [0.15, 0.2) is 22.7 Å². The van der Waals surface area contributed by atoms with Crippen molar-refractivity contribution in [2.45, 2.75) is 25.6 Å². The van der Waals surface area contributed by atoms with Crippen LogP contribution in [0.1, 0.15) is 18.4 Å². The fraction of sp³-hybridized carbons (Fsp3) is 0.455. The van der Waals surface area contributed by atoms with E-state index in [0.29, 0.717) is 11.3 Å². The van der Waals surface area contributed by atoms with Crippen LogP contribution >= 0.6 is 15.9 Å². The van der Waals surface area contributed by atoms with Gasteiger partial charge >= 0.3 is 6.18 Å². The molecular formula is C11H12BrF3O2. The minimum Gasteiger partial charge on any atom is -0.494 e. The van der Waals surface area contributed by atoms with Gasteiger partial charge < -0.3 is 9.84 Å². The van der Waals surface area contributed by atoms with E-state index in [0.717, 1.165) is 4.47 Å². The summed E-state index contributed by atoms with van der Waals surface area (Å²) in [6.07, 6.45) is -5.07. The number of hydrogen-bond donors (Lipinski definition) is 1. The van der Waals surface area contributed by atoms with Crippen LogP contribution < -0.4 is 4.74 Å². The highest BCUT2D eigenvalue weighted by atomic mass is 79.9. The molecule has 0 radical (unpaired) electrons. The average Bonchev–Trinajstić information content (AvgIpc) is 2.25. The number of aliphatic hydroxyl groups excluding tert-OH is 1. The van der Waals surface area contributed by atoms with Crippen LogP contribution in [0, 0.1) is 0 Å². The van der Waals surface area contributed by atoms with Gasteiger partial charge in [-0.1, -0.05) is 15.9 Å². The Morgan fingerprint density at radius 2 is 2.00 bits per heavy atom. The molecule has 1 rings (SSSR count). The molecule has 0 amide bonds. The molecule has 0 aliphatic heterocycles. The molecule has 0 spiro atoms. The van der Waals surface area contributed by atoms with Crippen molar-refractivity contribution in [2.75, 3.05) is 6.61 Å². The molecule has 0 aliphatic carbocycles. The Morgan fingerprint density at radius 3 is 2.59 bits per heavy atom. The summed E-state index contributed by atoms with van der Waals surface area (Å²) in [6, 6.07) is 4.92. The van der Waals surface area contributed by atoms with Crippen molar-refractivity contribution in [3.05, 3.63) is 28.2 Å². The van der Waals surface area contributed by atoms with Crippen molar-refractivity contribution < 1.29 is 23.0 Å². The summed E-state index contributed by atoms with van der Waals surface area (Å²) in [6.45, 7) is -0.146. The third-order valence-electron chi connectivity index (χ3n) is 2.06. The summed E-state index contributed by atoms with van der Waals surface area (Å²) >= 11 is 3.23. The second-order valence-electron chi connectivity index (χ2n) is 3.48. The predicted molar refractivity (Wildman–Crippen MR) is 60.8 cm³/mol. The molecule has 0 aromatic heterocycles. The zero-order valence-corrected chi connectivity index (χ0v) is 10.5. The van der Waals surface area contributed by atoms with Gasteiger partial charge in [-0.05, 0) is 30.2 Å². The molecule has 96 valence electrons. The summed E-state index contributed by atoms with van der Waals surface area (Å²) in [4.78, 5) is 0. The first-order valence-corrected chi connectivity index (χ1v) is 5.80. The van der Waals surface area contributed by atoms with E-state index < -0.39 is 12.6 Å². The summed E-state index contributed by atoms with van der Waals surface area (Å²) in [5, 5.41) is 8.99. The van der Waals surface area contributed by atoms with E-state index >= 15 is 0 Å². The molecule has 2 nitrogen and oxygen atoms in total. The molecule has 0 bridgehead atoms. The minimum atomic E-state index is -4.14. The molecule has 0 fully saturated rings. The lowest BCUT2D eigenvalue weighted by atomic mass is 10.2. The lowest BCUT2D eigenvalue weighted by Crippen LogP contribution is -2.09. The largest absolute Gasteiger partial charge is 0.494 e. The maximum atomic E-state index is 11.9. The van der Waals surface area contributed by atoms with Gasteiger partial charge in [0.1, 0.15) is 5.75 Å². The topological polar surface area (TPSA) is 29.5 Å². The van der Waals surface area contributed by atoms with Crippen LogP contribution in [0.25, 0.3) is 0 Å². The van der Waals surface area contributed by atoms with E-state index in [4.69, 9.17) is 9.84 Å². The SMILES string of the molecule is OCc1cc(OCCCC(F)(F)F)ccc1Br. The third kappa shape index (κ3) is 5.41. The maximum absolute atomic E-state index is 11.9. The standard InChI is InChI=1S/C11H12BrF3O2/c12-10-3-2-9(6-8(10)7-16)17-5-1-4-11(13,14)15/h2-3,6,16H,1,4-5,7H2. The van der Waals surface area contributed by atoms with Gasteiger partial charge in [0.15, 0.2) is 0 Å². The third-order valence-corrected chi connectivity index (χ3v) is 2.83. The first-order chi connectivity index (χ1) is 7.92. The normalized spacial score (nSPS) is 11.6. The summed E-state index contributed by atoms with van der Waals surface area (Å²) in [5.41, 5.74) is 0.637. The zero-order valence-electron chi connectivity index (χ0n) is 8.93. The van der Waals surface area contributed by atoms with Gasteiger partial charge in [0, 0.05) is 10.9 Å². The number of benzene rings is 1. The molecule has 0 atom stereocenters. The van der Waals surface area contributed by atoms with E-state index in [1.165, 1.54) is 0 Å². The van der Waals surface area contributed by atoms with Crippen molar-refractivity contribution in [2.24, 2.45) is 0 Å². The Kier molecular flexibility index (Phi) is 5.27. The van der Waals surface area contributed by atoms with Crippen LogP contribution in [-0.2, 0) is 6.61 Å². The molecule has 0 unspecified atom stereocenters. The Morgan fingerprint density at radius 1 is 1.29 bits per heavy atom. The van der Waals surface area contributed by atoms with Crippen molar-refractivity contribution in [1.29, 1.82) is 0 Å². The lowest BCUT2D eigenvalue weighted by Gasteiger charge is -2.09. The number of aliphatic hydroxyl groups is 1. The van der Waals surface area contributed by atoms with Gasteiger partial charge in [-0.3, -0.25) is 0 Å². The summed E-state index contributed by atoms with van der Waals surface area (Å²) in [7, 11) is 0. The van der Waals surface area contributed by atoms with Crippen LogP contribution in [0.3, 0.4) is 0 Å². The van der Waals surface area contributed by atoms with E-state index in [1.807, 2.05) is 0 Å². The number of hydrogen-bond acceptors (Lipinski definition) is 2. The van der Waals surface area contributed by atoms with Crippen molar-refractivity contribution in [3.8, 4) is 5.75 Å². The Labute approximate surface area is 106 Å². The highest BCUT2D eigenvalue weighted by Gasteiger charge is 2.26. The van der Waals surface area contributed by atoms with Gasteiger partial charge in [0.25, 0.3) is 0 Å². The van der Waals surface area contributed by atoms with E-state index in [-0.39, 0.29) is 19.6 Å². The van der Waals surface area contributed by atoms with Crippen LogP contribution in [-0.4, -0.2) is 17.9 Å². The fourth-order valence-electron chi connectivity index (χ4n) is 1.22. The molecule has 6 heteroatoms. The van der Waals surface area contributed by atoms with Gasteiger partial charge in [-0.2, -0.15) is 13.2 Å². The zero-order chi connectivity index (χ0) is 12.9. The van der Waals surface area contributed by atoms with Gasteiger partial charge in [-0.25, -0.2) is 0 Å². The van der Waals surface area contributed by atoms with Crippen molar-refractivity contribution in [3.63, 3.8) is 0 Å². The second-order valence-corrected chi connectivity index (χ2v) is 4.33. The van der Waals surface area contributed by atoms with E-state index in [1.54, 1.807) is 18.2 Å². The number of ether oxygens (including phenoxy) is 1. The molecule has 0 saturated heterocycles. The number of rotatable bonds is 5. The Bertz CT molecular complexity index is 366. The van der Waals surface area contributed by atoms with Gasteiger partial charge in [0.2, 0.25) is 0 Å². The first-order valence-electron chi connectivity index (χ1n) is 5.01. The van der Waals surface area contributed by atoms with Crippen LogP contribution in [0.4, 0.5) is 13.2 Å². The Balaban J connectivity index is 2.42. The van der Waals surface area contributed by atoms with Crippen molar-refractivity contribution in [1.82, 2.24) is 0 Å². The molecule has 1 aromatic carbocycles. The monoisotopic (exact) mass is 312 g/mol. The average molecular weight is 313 g/mol. The smallest absolute Gasteiger partial charge is 0.389 e. The van der Waals surface area contributed by atoms with Crippen molar-refractivity contribution >= 4 is 15.9 Å². The molecule has 0 saturated carbocycles. The molecule has 1 aromatic rings. The number of halogens is 4. The first kappa shape index (κ1) is 14.3. The fourth-order valence-corrected chi connectivity index (χ4v) is 1.60. The van der Waals surface area contributed by atoms with Gasteiger partial charge in [-0.15, -0.1) is 0 Å². The molecule has 1 N–H and O–H groups in total. The van der Waals surface area contributed by atoms with E-state index in [2.05, 4.69) is 15.9 Å². The van der Waals surface area contributed by atoms with Gasteiger partial charge in [0.05, 0.1) is 13.2 Å². The summed E-state index contributed by atoms with van der Waals surface area (Å²) in [5.74, 6) is 0.458. The maximum Gasteiger partial charge on any atom is 0.389 e. The Hall–Kier alpha value is -0.750. The molecular weight excluding hydrogens is 301 g/mol. The lowest BCUT2D eigenvalue weighted by molar-refractivity contribution is -0.136. The predicted octanol–water partition coefficient (Wildman–Crippen LogP) is 3.66. The molecule has 0 heterocycles. The van der Waals surface area contributed by atoms with Crippen LogP contribution in [0.2, 0.25) is 0 Å². The van der Waals surface area contributed by atoms with Crippen LogP contribution in [0.5, 0.6) is 5.75 Å². The second kappa shape index (κ2) is 6.26. The highest BCUT2D eigenvalue weighted by molar-refractivity contribution is 9.10. The van der Waals surface area contributed by atoms with E-state index in [9.17, 15) is 13.2 Å². The quantitative estimate of drug-likeness (QED) is 0.841. The highest BCUT2D eigenvalue weighted by Crippen LogP contribution is 2.24. The summed E-state index contributed by atoms with van der Waals surface area (Å²) < 4.78 is 41.5. The minimum absolute atomic E-state index is 0.00596.